The molecule has 0 unspecified atom stereocenters. The third-order valence-electron chi connectivity index (χ3n) is 4.48. The number of hydrogen-bond donors (Lipinski definition) is 0. The maximum Gasteiger partial charge on any atom is 0.244 e. The molecule has 2 aliphatic heterocycles. The molecular formula is C15H16N2O4. The number of nitrogens with zero attached hydrogens (tertiary/aromatic N) is 2. The summed E-state index contributed by atoms with van der Waals surface area (Å²) in [7, 11) is 0. The molecule has 0 aromatic heterocycles. The standard InChI is InChI=1S/C15H16N2O4/c18-16-8-13(17(19)12-4-2-1-3-11(12)16)10-5-6-14-15(7-10)21-9-20-14/h5-8,11-12H,1-4,9H2/t11-,12+/m1/s1. The highest BCUT2D eigenvalue weighted by atomic mass is 16.7. The molecule has 0 amide bonds. The van der Waals surface area contributed by atoms with Gasteiger partial charge in [-0.15, -0.1) is 0 Å². The van der Waals surface area contributed by atoms with E-state index in [9.17, 15) is 10.1 Å². The topological polar surface area (TPSA) is 64.8 Å². The third-order valence-corrected chi connectivity index (χ3v) is 4.48. The minimum Gasteiger partial charge on any atom is -0.758 e. The normalized spacial score (nSPS) is 27.4. The molecule has 4 rings (SSSR count). The minimum atomic E-state index is -0.248. The Balaban J connectivity index is 1.72. The molecule has 1 aliphatic carbocycles. The van der Waals surface area contributed by atoms with Gasteiger partial charge in [-0.05, 0) is 31.0 Å². The van der Waals surface area contributed by atoms with E-state index in [1.54, 1.807) is 18.2 Å². The van der Waals surface area contributed by atoms with E-state index in [0.29, 0.717) is 22.8 Å². The van der Waals surface area contributed by atoms with Gasteiger partial charge in [0.15, 0.2) is 11.5 Å². The van der Waals surface area contributed by atoms with Crippen LogP contribution < -0.4 is 9.47 Å². The second kappa shape index (κ2) is 4.73. The van der Waals surface area contributed by atoms with Crippen molar-refractivity contribution in [1.82, 2.24) is 5.06 Å². The van der Waals surface area contributed by atoms with Crippen LogP contribution in [0.3, 0.4) is 0 Å². The van der Waals surface area contributed by atoms with Crippen molar-refractivity contribution in [2.45, 2.75) is 37.8 Å². The first kappa shape index (κ1) is 12.6. The molecule has 3 aliphatic rings. The van der Waals surface area contributed by atoms with Gasteiger partial charge in [0.1, 0.15) is 5.70 Å². The molecule has 0 saturated heterocycles. The van der Waals surface area contributed by atoms with Gasteiger partial charge in [-0.1, -0.05) is 6.42 Å². The summed E-state index contributed by atoms with van der Waals surface area (Å²) in [5.41, 5.74) is 1.10. The summed E-state index contributed by atoms with van der Waals surface area (Å²) in [4.78, 5) is 12.2. The maximum atomic E-state index is 12.6. The Morgan fingerprint density at radius 1 is 1.19 bits per heavy atom. The predicted molar refractivity (Wildman–Crippen MR) is 75.4 cm³/mol. The van der Waals surface area contributed by atoms with Gasteiger partial charge in [-0.25, -0.2) is 0 Å². The van der Waals surface area contributed by atoms with Crippen LogP contribution in [0.15, 0.2) is 24.4 Å². The van der Waals surface area contributed by atoms with Gasteiger partial charge in [0.25, 0.3) is 0 Å². The highest BCUT2D eigenvalue weighted by Gasteiger charge is 2.42. The zero-order chi connectivity index (χ0) is 14.4. The molecule has 0 radical (unpaired) electrons. The molecule has 2 atom stereocenters. The van der Waals surface area contributed by atoms with Gasteiger partial charge in [0.05, 0.1) is 6.04 Å². The van der Waals surface area contributed by atoms with Crippen molar-refractivity contribution in [1.29, 1.82) is 0 Å². The lowest BCUT2D eigenvalue weighted by atomic mass is 9.88. The van der Waals surface area contributed by atoms with Crippen LogP contribution in [0.1, 0.15) is 31.2 Å². The summed E-state index contributed by atoms with van der Waals surface area (Å²) in [6.07, 6.45) is 4.99. The molecule has 2 heterocycles. The Labute approximate surface area is 122 Å². The van der Waals surface area contributed by atoms with Crippen LogP contribution in [-0.2, 0) is 0 Å². The zero-order valence-corrected chi connectivity index (χ0v) is 11.5. The number of hydroxylamine groups is 2. The Kier molecular flexibility index (Phi) is 2.85. The molecule has 21 heavy (non-hydrogen) atoms. The first-order valence-corrected chi connectivity index (χ1v) is 7.28. The molecule has 6 nitrogen and oxygen atoms in total. The fraction of sp³-hybridized carbons (Fsp3) is 0.467. The van der Waals surface area contributed by atoms with Crippen LogP contribution in [0, 0.1) is 10.1 Å². The van der Waals surface area contributed by atoms with Gasteiger partial charge < -0.3 is 19.7 Å². The molecular weight excluding hydrogens is 272 g/mol. The average Bonchev–Trinajstić information content (AvgIpc) is 2.98. The third kappa shape index (κ3) is 1.98. The van der Waals surface area contributed by atoms with E-state index in [0.717, 1.165) is 35.5 Å². The Hall–Kier alpha value is -2.08. The molecule has 1 aromatic rings. The molecule has 1 aromatic carbocycles. The Bertz CT molecular complexity index is 628. The van der Waals surface area contributed by atoms with E-state index < -0.39 is 0 Å². The van der Waals surface area contributed by atoms with Crippen molar-refractivity contribution in [2.75, 3.05) is 6.79 Å². The smallest absolute Gasteiger partial charge is 0.244 e. The lowest BCUT2D eigenvalue weighted by Gasteiger charge is -2.44. The lowest BCUT2D eigenvalue weighted by Crippen LogP contribution is -2.49. The Morgan fingerprint density at radius 2 is 2.00 bits per heavy atom. The summed E-state index contributed by atoms with van der Waals surface area (Å²) in [6, 6.07) is 4.86. The summed E-state index contributed by atoms with van der Waals surface area (Å²) >= 11 is 0. The molecule has 6 heteroatoms. The van der Waals surface area contributed by atoms with Crippen LogP contribution in [-0.4, -0.2) is 28.7 Å². The van der Waals surface area contributed by atoms with E-state index in [2.05, 4.69) is 0 Å². The van der Waals surface area contributed by atoms with Gasteiger partial charge in [0.2, 0.25) is 19.0 Å². The molecule has 110 valence electrons. The largest absolute Gasteiger partial charge is 0.758 e. The quantitative estimate of drug-likeness (QED) is 0.743. The van der Waals surface area contributed by atoms with Crippen molar-refractivity contribution in [3.8, 4) is 11.5 Å². The zero-order valence-electron chi connectivity index (χ0n) is 11.5. The highest BCUT2D eigenvalue weighted by Crippen LogP contribution is 2.38. The van der Waals surface area contributed by atoms with E-state index in [-0.39, 0.29) is 18.9 Å². The second-order valence-electron chi connectivity index (χ2n) is 5.69. The van der Waals surface area contributed by atoms with Gasteiger partial charge >= 0.3 is 0 Å². The van der Waals surface area contributed by atoms with Crippen LogP contribution in [0.25, 0.3) is 5.70 Å². The molecule has 1 fully saturated rings. The maximum absolute atomic E-state index is 12.6. The Morgan fingerprint density at radius 3 is 2.90 bits per heavy atom. The molecule has 0 N–H and O–H groups in total. The van der Waals surface area contributed by atoms with E-state index in [4.69, 9.17) is 9.47 Å². The van der Waals surface area contributed by atoms with Gasteiger partial charge in [-0.3, -0.25) is 0 Å². The van der Waals surface area contributed by atoms with Crippen molar-refractivity contribution in [3.63, 3.8) is 0 Å². The number of hydrogen-bond acceptors (Lipinski definition) is 5. The van der Waals surface area contributed by atoms with Crippen LogP contribution >= 0.6 is 0 Å². The van der Waals surface area contributed by atoms with Gasteiger partial charge in [0, 0.05) is 21.7 Å². The molecule has 0 bridgehead atoms. The molecule has 1 saturated carbocycles. The van der Waals surface area contributed by atoms with E-state index in [1.165, 1.54) is 6.20 Å². The van der Waals surface area contributed by atoms with Crippen LogP contribution in [0.4, 0.5) is 0 Å². The number of fused-ring (bicyclic) bond motifs is 2. The summed E-state index contributed by atoms with van der Waals surface area (Å²) in [6.45, 7) is 0.192. The number of nitroso groups, excluding NO2 is 1. The summed E-state index contributed by atoms with van der Waals surface area (Å²) < 4.78 is 11.6. The summed E-state index contributed by atoms with van der Waals surface area (Å²) in [5, 5.41) is 13.6. The summed E-state index contributed by atoms with van der Waals surface area (Å²) in [5.74, 6) is 1.28. The van der Waals surface area contributed by atoms with Crippen molar-refractivity contribution >= 4 is 5.70 Å². The number of benzene rings is 1. The average molecular weight is 288 g/mol. The van der Waals surface area contributed by atoms with Crippen molar-refractivity contribution in [3.05, 3.63) is 40.1 Å². The monoisotopic (exact) mass is 288 g/mol. The van der Waals surface area contributed by atoms with Crippen molar-refractivity contribution < 1.29 is 14.2 Å². The first-order valence-electron chi connectivity index (χ1n) is 7.28. The minimum absolute atomic E-state index is 0.192. The van der Waals surface area contributed by atoms with E-state index >= 15 is 0 Å². The number of ether oxygens (including phenoxy) is 2. The second-order valence-corrected chi connectivity index (χ2v) is 5.69. The van der Waals surface area contributed by atoms with Crippen molar-refractivity contribution in [2.24, 2.45) is 0 Å². The van der Waals surface area contributed by atoms with E-state index in [1.807, 2.05) is 0 Å². The van der Waals surface area contributed by atoms with Crippen LogP contribution in [0.5, 0.6) is 11.5 Å². The number of rotatable bonds is 1. The molecule has 0 spiro atoms. The fourth-order valence-corrected chi connectivity index (χ4v) is 3.37. The predicted octanol–water partition coefficient (Wildman–Crippen LogP) is 2.62. The first-order chi connectivity index (χ1) is 10.2. The lowest BCUT2D eigenvalue weighted by molar-refractivity contribution is -0.536. The fourth-order valence-electron chi connectivity index (χ4n) is 3.37. The van der Waals surface area contributed by atoms with Crippen LogP contribution in [0.2, 0.25) is 0 Å². The highest BCUT2D eigenvalue weighted by molar-refractivity contribution is 5.67. The van der Waals surface area contributed by atoms with Gasteiger partial charge in [-0.2, -0.15) is 0 Å². The SMILES string of the molecule is O=[N+]1C=C(c2ccc3c(c2)OCO3)N([O-])[C@H]2CCCC[C@H]21.